The third kappa shape index (κ3) is 4.62. The molecule has 0 N–H and O–H groups in total. The average Bonchev–Trinajstić information content (AvgIpc) is 3.24. The lowest BCUT2D eigenvalue weighted by Crippen LogP contribution is -2.23. The first-order valence-corrected chi connectivity index (χ1v) is 10.6. The SMILES string of the molecule is C[C@@H]1CCN(CCCOc2nn(Cc3ccc(Cl)cc3)c3ccc(Cl)cc23)C1. The number of hydrogen-bond acceptors (Lipinski definition) is 3. The summed E-state index contributed by atoms with van der Waals surface area (Å²) in [6, 6.07) is 13.7. The number of halogens is 2. The molecule has 2 aromatic carbocycles. The first kappa shape index (κ1) is 19.6. The molecular weight excluding hydrogens is 393 g/mol. The van der Waals surface area contributed by atoms with Crippen LogP contribution in [0.3, 0.4) is 0 Å². The first-order chi connectivity index (χ1) is 13.6. The highest BCUT2D eigenvalue weighted by Crippen LogP contribution is 2.29. The first-order valence-electron chi connectivity index (χ1n) is 9.84. The van der Waals surface area contributed by atoms with Gasteiger partial charge in [0.25, 0.3) is 0 Å². The molecule has 1 aliphatic rings. The van der Waals surface area contributed by atoms with E-state index in [2.05, 4.69) is 11.8 Å². The van der Waals surface area contributed by atoms with E-state index in [1.54, 1.807) is 0 Å². The molecule has 1 aliphatic heterocycles. The Hall–Kier alpha value is -1.75. The summed E-state index contributed by atoms with van der Waals surface area (Å²) in [4.78, 5) is 2.52. The molecule has 2 heterocycles. The van der Waals surface area contributed by atoms with Gasteiger partial charge in [-0.3, -0.25) is 4.68 Å². The van der Waals surface area contributed by atoms with Crippen molar-refractivity contribution in [2.45, 2.75) is 26.3 Å². The maximum absolute atomic E-state index is 6.22. The van der Waals surface area contributed by atoms with Crippen LogP contribution in [0.25, 0.3) is 10.9 Å². The van der Waals surface area contributed by atoms with Crippen LogP contribution in [0.2, 0.25) is 10.0 Å². The zero-order valence-corrected chi connectivity index (χ0v) is 17.6. The summed E-state index contributed by atoms with van der Waals surface area (Å²) in [6.45, 7) is 7.12. The Kier molecular flexibility index (Phi) is 6.10. The number of aromatic nitrogens is 2. The van der Waals surface area contributed by atoms with Gasteiger partial charge in [-0.05, 0) is 61.2 Å². The minimum Gasteiger partial charge on any atom is -0.476 e. The maximum Gasteiger partial charge on any atom is 0.240 e. The average molecular weight is 418 g/mol. The van der Waals surface area contributed by atoms with Crippen LogP contribution in [-0.4, -0.2) is 40.9 Å². The normalized spacial score (nSPS) is 17.5. The van der Waals surface area contributed by atoms with E-state index in [0.29, 0.717) is 24.1 Å². The van der Waals surface area contributed by atoms with Crippen LogP contribution in [0, 0.1) is 5.92 Å². The second-order valence-corrected chi connectivity index (χ2v) is 8.52. The van der Waals surface area contributed by atoms with E-state index in [1.807, 2.05) is 47.1 Å². The standard InChI is InChI=1S/C22H25Cl2N3O/c1-16-9-11-26(14-16)10-2-12-28-22-20-13-19(24)7-8-21(20)27(25-22)15-17-3-5-18(23)6-4-17/h3-8,13,16H,2,9-12,14-15H2,1H3/t16-/m1/s1. The van der Waals surface area contributed by atoms with Crippen molar-refractivity contribution in [2.75, 3.05) is 26.2 Å². The second-order valence-electron chi connectivity index (χ2n) is 7.65. The molecule has 3 aromatic rings. The number of benzene rings is 2. The summed E-state index contributed by atoms with van der Waals surface area (Å²) >= 11 is 12.2. The van der Waals surface area contributed by atoms with Crippen molar-refractivity contribution in [3.05, 3.63) is 58.1 Å². The van der Waals surface area contributed by atoms with E-state index in [0.717, 1.165) is 40.4 Å². The molecule has 0 amide bonds. The maximum atomic E-state index is 6.22. The molecule has 0 aliphatic carbocycles. The third-order valence-corrected chi connectivity index (χ3v) is 5.78. The largest absolute Gasteiger partial charge is 0.476 e. The molecule has 4 rings (SSSR count). The summed E-state index contributed by atoms with van der Waals surface area (Å²) in [6.07, 6.45) is 2.30. The van der Waals surface area contributed by atoms with Crippen LogP contribution >= 0.6 is 23.2 Å². The van der Waals surface area contributed by atoms with Crippen molar-refractivity contribution in [1.29, 1.82) is 0 Å². The van der Waals surface area contributed by atoms with Gasteiger partial charge in [-0.25, -0.2) is 0 Å². The quantitative estimate of drug-likeness (QED) is 0.475. The highest BCUT2D eigenvalue weighted by molar-refractivity contribution is 6.31. The number of nitrogens with zero attached hydrogens (tertiary/aromatic N) is 3. The molecule has 148 valence electrons. The van der Waals surface area contributed by atoms with Crippen molar-refractivity contribution < 1.29 is 4.74 Å². The highest BCUT2D eigenvalue weighted by atomic mass is 35.5. The monoisotopic (exact) mass is 417 g/mol. The molecule has 0 radical (unpaired) electrons. The zero-order chi connectivity index (χ0) is 19.5. The Balaban J connectivity index is 1.46. The van der Waals surface area contributed by atoms with Gasteiger partial charge in [-0.1, -0.05) is 42.3 Å². The van der Waals surface area contributed by atoms with Gasteiger partial charge in [0.05, 0.1) is 24.1 Å². The topological polar surface area (TPSA) is 30.3 Å². The fourth-order valence-corrected chi connectivity index (χ4v) is 4.10. The molecule has 4 nitrogen and oxygen atoms in total. The van der Waals surface area contributed by atoms with Gasteiger partial charge in [0.1, 0.15) is 0 Å². The minimum atomic E-state index is 0.654. The van der Waals surface area contributed by atoms with Crippen LogP contribution in [0.1, 0.15) is 25.3 Å². The molecule has 0 spiro atoms. The minimum absolute atomic E-state index is 0.654. The van der Waals surface area contributed by atoms with Gasteiger partial charge in [0.2, 0.25) is 5.88 Å². The van der Waals surface area contributed by atoms with Gasteiger partial charge in [0, 0.05) is 23.1 Å². The summed E-state index contributed by atoms with van der Waals surface area (Å²) in [5.74, 6) is 1.47. The van der Waals surface area contributed by atoms with Crippen molar-refractivity contribution in [1.82, 2.24) is 14.7 Å². The van der Waals surface area contributed by atoms with Crippen LogP contribution in [0.4, 0.5) is 0 Å². The van der Waals surface area contributed by atoms with Crippen molar-refractivity contribution in [3.63, 3.8) is 0 Å². The number of ether oxygens (including phenoxy) is 1. The second kappa shape index (κ2) is 8.73. The van der Waals surface area contributed by atoms with E-state index in [1.165, 1.54) is 19.5 Å². The fourth-order valence-electron chi connectivity index (χ4n) is 3.80. The van der Waals surface area contributed by atoms with Crippen LogP contribution in [-0.2, 0) is 6.54 Å². The lowest BCUT2D eigenvalue weighted by molar-refractivity contribution is 0.254. The van der Waals surface area contributed by atoms with E-state index in [-0.39, 0.29) is 0 Å². The molecule has 0 bridgehead atoms. The molecule has 6 heteroatoms. The summed E-state index contributed by atoms with van der Waals surface area (Å²) in [7, 11) is 0. The molecule has 28 heavy (non-hydrogen) atoms. The molecular formula is C22H25Cl2N3O. The Bertz CT molecular complexity index is 939. The molecule has 1 saturated heterocycles. The summed E-state index contributed by atoms with van der Waals surface area (Å²) in [5.41, 5.74) is 2.15. The zero-order valence-electron chi connectivity index (χ0n) is 16.1. The van der Waals surface area contributed by atoms with E-state index < -0.39 is 0 Å². The third-order valence-electron chi connectivity index (χ3n) is 5.29. The highest BCUT2D eigenvalue weighted by Gasteiger charge is 2.18. The van der Waals surface area contributed by atoms with Crippen molar-refractivity contribution >= 4 is 34.1 Å². The van der Waals surface area contributed by atoms with E-state index in [9.17, 15) is 0 Å². The Morgan fingerprint density at radius 1 is 1.11 bits per heavy atom. The van der Waals surface area contributed by atoms with Crippen LogP contribution in [0.15, 0.2) is 42.5 Å². The van der Waals surface area contributed by atoms with E-state index >= 15 is 0 Å². The summed E-state index contributed by atoms with van der Waals surface area (Å²) < 4.78 is 8.02. The van der Waals surface area contributed by atoms with Gasteiger partial charge in [-0.15, -0.1) is 5.10 Å². The Morgan fingerprint density at radius 2 is 1.89 bits per heavy atom. The number of fused-ring (bicyclic) bond motifs is 1. The Labute approximate surface area is 176 Å². The number of likely N-dealkylation sites (tertiary alicyclic amines) is 1. The fraction of sp³-hybridized carbons (Fsp3) is 0.409. The van der Waals surface area contributed by atoms with Gasteiger partial charge in [-0.2, -0.15) is 0 Å². The van der Waals surface area contributed by atoms with Gasteiger partial charge < -0.3 is 9.64 Å². The van der Waals surface area contributed by atoms with E-state index in [4.69, 9.17) is 33.0 Å². The Morgan fingerprint density at radius 3 is 2.64 bits per heavy atom. The van der Waals surface area contributed by atoms with Crippen LogP contribution in [0.5, 0.6) is 5.88 Å². The molecule has 1 fully saturated rings. The lowest BCUT2D eigenvalue weighted by Gasteiger charge is -2.14. The summed E-state index contributed by atoms with van der Waals surface area (Å²) in [5, 5.41) is 7.10. The predicted molar refractivity (Wildman–Crippen MR) is 116 cm³/mol. The number of hydrogen-bond donors (Lipinski definition) is 0. The molecule has 0 unspecified atom stereocenters. The smallest absolute Gasteiger partial charge is 0.240 e. The number of rotatable bonds is 7. The van der Waals surface area contributed by atoms with Crippen LogP contribution < -0.4 is 4.74 Å². The molecule has 1 atom stereocenters. The predicted octanol–water partition coefficient (Wildman–Crippen LogP) is 5.50. The van der Waals surface area contributed by atoms with Gasteiger partial charge >= 0.3 is 0 Å². The molecule has 0 saturated carbocycles. The van der Waals surface area contributed by atoms with Crippen molar-refractivity contribution in [2.24, 2.45) is 5.92 Å². The van der Waals surface area contributed by atoms with Crippen molar-refractivity contribution in [3.8, 4) is 5.88 Å². The lowest BCUT2D eigenvalue weighted by atomic mass is 10.2. The molecule has 1 aromatic heterocycles. The van der Waals surface area contributed by atoms with Gasteiger partial charge in [0.15, 0.2) is 0 Å².